The first-order valence-electron chi connectivity index (χ1n) is 6.90. The highest BCUT2D eigenvalue weighted by molar-refractivity contribution is 5.95. The summed E-state index contributed by atoms with van der Waals surface area (Å²) in [4.78, 5) is 24.8. The molecule has 6 heteroatoms. The maximum atomic E-state index is 11.9. The van der Waals surface area contributed by atoms with E-state index in [9.17, 15) is 14.7 Å². The van der Waals surface area contributed by atoms with Crippen LogP contribution in [0.4, 0.5) is 5.69 Å². The molecule has 0 aliphatic carbocycles. The quantitative estimate of drug-likeness (QED) is 0.700. The molecule has 0 bridgehead atoms. The number of nitrogens with one attached hydrogen (secondary N) is 1. The normalized spacial score (nSPS) is 13.3. The Hall–Kier alpha value is -2.08. The van der Waals surface area contributed by atoms with Crippen molar-refractivity contribution in [2.24, 2.45) is 0 Å². The number of rotatable bonds is 7. The zero-order valence-corrected chi connectivity index (χ0v) is 12.6. The number of carboxylic acid groups (broad SMARTS) is 1. The molecule has 116 valence electrons. The van der Waals surface area contributed by atoms with Gasteiger partial charge in [0.2, 0.25) is 0 Å². The van der Waals surface area contributed by atoms with Crippen LogP contribution < -0.4 is 10.2 Å². The van der Waals surface area contributed by atoms with Crippen molar-refractivity contribution in [1.82, 2.24) is 5.32 Å². The van der Waals surface area contributed by atoms with Crippen molar-refractivity contribution in [3.8, 4) is 0 Å². The third kappa shape index (κ3) is 4.46. The number of amides is 1. The number of anilines is 1. The Morgan fingerprint density at radius 1 is 1.19 bits per heavy atom. The fraction of sp³-hybridized carbons (Fsp3) is 0.467. The van der Waals surface area contributed by atoms with Gasteiger partial charge in [0.25, 0.3) is 5.91 Å². The lowest BCUT2D eigenvalue weighted by Gasteiger charge is -2.21. The number of benzene rings is 1. The monoisotopic (exact) mass is 294 g/mol. The van der Waals surface area contributed by atoms with Crippen LogP contribution in [-0.4, -0.2) is 47.3 Å². The van der Waals surface area contributed by atoms with Crippen LogP contribution in [-0.2, 0) is 4.79 Å². The van der Waals surface area contributed by atoms with Crippen molar-refractivity contribution < 1.29 is 19.8 Å². The predicted octanol–water partition coefficient (Wildman–Crippen LogP) is 1.10. The molecule has 6 nitrogen and oxygen atoms in total. The van der Waals surface area contributed by atoms with Crippen LogP contribution in [0.5, 0.6) is 0 Å². The lowest BCUT2D eigenvalue weighted by Crippen LogP contribution is -2.46. The maximum Gasteiger partial charge on any atom is 0.337 e. The Morgan fingerprint density at radius 2 is 1.71 bits per heavy atom. The van der Waals surface area contributed by atoms with Crippen LogP contribution >= 0.6 is 0 Å². The van der Waals surface area contributed by atoms with Crippen LogP contribution in [0.25, 0.3) is 0 Å². The number of carboxylic acids is 1. The van der Waals surface area contributed by atoms with Gasteiger partial charge in [0, 0.05) is 24.3 Å². The summed E-state index contributed by atoms with van der Waals surface area (Å²) in [6, 6.07) is 7.05. The van der Waals surface area contributed by atoms with Gasteiger partial charge >= 0.3 is 5.97 Å². The molecule has 0 fully saturated rings. The van der Waals surface area contributed by atoms with Crippen LogP contribution in [0, 0.1) is 0 Å². The molecule has 0 aromatic heterocycles. The zero-order chi connectivity index (χ0) is 16.0. The number of hydrogen-bond acceptors (Lipinski definition) is 4. The van der Waals surface area contributed by atoms with E-state index in [1.807, 2.05) is 12.1 Å². The Bertz CT molecular complexity index is 493. The largest absolute Gasteiger partial charge is 0.479 e. The van der Waals surface area contributed by atoms with Crippen molar-refractivity contribution in [2.45, 2.75) is 26.4 Å². The Morgan fingerprint density at radius 3 is 2.14 bits per heavy atom. The van der Waals surface area contributed by atoms with E-state index in [0.29, 0.717) is 5.56 Å². The second-order valence-corrected chi connectivity index (χ2v) is 4.98. The first-order chi connectivity index (χ1) is 9.81. The van der Waals surface area contributed by atoms with E-state index in [1.165, 1.54) is 0 Å². The van der Waals surface area contributed by atoms with Crippen LogP contribution in [0.3, 0.4) is 0 Å². The maximum absolute atomic E-state index is 11.9. The topological polar surface area (TPSA) is 89.9 Å². The van der Waals surface area contributed by atoms with Crippen molar-refractivity contribution >= 4 is 17.6 Å². The summed E-state index contributed by atoms with van der Waals surface area (Å²) in [5.41, 5.74) is -0.530. The van der Waals surface area contributed by atoms with Gasteiger partial charge in [-0.3, -0.25) is 4.79 Å². The molecule has 21 heavy (non-hydrogen) atoms. The fourth-order valence-electron chi connectivity index (χ4n) is 1.84. The summed E-state index contributed by atoms with van der Waals surface area (Å²) in [7, 11) is 0. The zero-order valence-electron chi connectivity index (χ0n) is 12.6. The number of carbonyl (C=O) groups is 2. The molecule has 0 aliphatic heterocycles. The summed E-state index contributed by atoms with van der Waals surface area (Å²) in [5.74, 6) is -1.79. The first kappa shape index (κ1) is 17.0. The summed E-state index contributed by atoms with van der Waals surface area (Å²) in [5, 5.41) is 20.7. The van der Waals surface area contributed by atoms with Crippen molar-refractivity contribution in [3.05, 3.63) is 29.8 Å². The number of hydrogen-bond donors (Lipinski definition) is 3. The third-order valence-electron chi connectivity index (χ3n) is 3.31. The highest BCUT2D eigenvalue weighted by atomic mass is 16.4. The average molecular weight is 294 g/mol. The molecule has 1 amide bonds. The lowest BCUT2D eigenvalue weighted by atomic mass is 10.1. The molecule has 0 radical (unpaired) electrons. The summed E-state index contributed by atoms with van der Waals surface area (Å²) in [6.45, 7) is 6.65. The van der Waals surface area contributed by atoms with Gasteiger partial charge in [-0.25, -0.2) is 4.79 Å². The second-order valence-electron chi connectivity index (χ2n) is 4.98. The summed E-state index contributed by atoms with van der Waals surface area (Å²) >= 11 is 0. The number of nitrogens with zero attached hydrogens (tertiary/aromatic N) is 1. The van der Waals surface area contributed by atoms with E-state index in [1.54, 1.807) is 12.1 Å². The molecule has 0 aliphatic rings. The number of aliphatic hydroxyl groups is 1. The van der Waals surface area contributed by atoms with Crippen molar-refractivity contribution in [1.29, 1.82) is 0 Å². The van der Waals surface area contributed by atoms with E-state index >= 15 is 0 Å². The highest BCUT2D eigenvalue weighted by Crippen LogP contribution is 2.15. The minimum absolute atomic E-state index is 0.348. The molecular weight excluding hydrogens is 272 g/mol. The molecule has 1 aromatic rings. The van der Waals surface area contributed by atoms with E-state index in [-0.39, 0.29) is 6.54 Å². The average Bonchev–Trinajstić information content (AvgIpc) is 2.46. The van der Waals surface area contributed by atoms with Gasteiger partial charge in [0.05, 0.1) is 6.54 Å². The molecule has 1 atom stereocenters. The van der Waals surface area contributed by atoms with Gasteiger partial charge in [-0.05, 0) is 45.0 Å². The molecule has 1 unspecified atom stereocenters. The minimum atomic E-state index is -1.98. The molecular formula is C15H22N2O4. The predicted molar refractivity (Wildman–Crippen MR) is 80.6 cm³/mol. The Kier molecular flexibility index (Phi) is 5.72. The van der Waals surface area contributed by atoms with E-state index in [2.05, 4.69) is 24.1 Å². The smallest absolute Gasteiger partial charge is 0.337 e. The summed E-state index contributed by atoms with van der Waals surface area (Å²) in [6.07, 6.45) is 0. The molecule has 3 N–H and O–H groups in total. The SMILES string of the molecule is CCN(CC)c1ccc(C(=O)NCC(C)(O)C(=O)O)cc1. The molecule has 0 spiro atoms. The standard InChI is InChI=1S/C15H22N2O4/c1-4-17(5-2)12-8-6-11(7-9-12)13(18)16-10-15(3,21)14(19)20/h6-9,21H,4-5,10H2,1-3H3,(H,16,18)(H,19,20). The molecule has 1 aromatic carbocycles. The van der Waals surface area contributed by atoms with Gasteiger partial charge < -0.3 is 20.4 Å². The van der Waals surface area contributed by atoms with Crippen molar-refractivity contribution in [3.63, 3.8) is 0 Å². The summed E-state index contributed by atoms with van der Waals surface area (Å²) < 4.78 is 0. The van der Waals surface area contributed by atoms with Gasteiger partial charge in [0.1, 0.15) is 0 Å². The molecule has 0 heterocycles. The first-order valence-corrected chi connectivity index (χ1v) is 6.90. The van der Waals surface area contributed by atoms with Gasteiger partial charge in [0.15, 0.2) is 5.60 Å². The lowest BCUT2D eigenvalue weighted by molar-refractivity contribution is -0.155. The molecule has 1 rings (SSSR count). The molecule has 0 saturated carbocycles. The number of aliphatic carboxylic acids is 1. The van der Waals surface area contributed by atoms with Crippen LogP contribution in [0.15, 0.2) is 24.3 Å². The number of carbonyl (C=O) groups excluding carboxylic acids is 1. The Labute approximate surface area is 124 Å². The van der Waals surface area contributed by atoms with Gasteiger partial charge in [-0.2, -0.15) is 0 Å². The van der Waals surface area contributed by atoms with Gasteiger partial charge in [-0.1, -0.05) is 0 Å². The minimum Gasteiger partial charge on any atom is -0.479 e. The highest BCUT2D eigenvalue weighted by Gasteiger charge is 2.30. The van der Waals surface area contributed by atoms with E-state index in [4.69, 9.17) is 5.11 Å². The molecule has 0 saturated heterocycles. The van der Waals surface area contributed by atoms with Crippen molar-refractivity contribution in [2.75, 3.05) is 24.5 Å². The van der Waals surface area contributed by atoms with Crippen LogP contribution in [0.2, 0.25) is 0 Å². The van der Waals surface area contributed by atoms with Crippen LogP contribution in [0.1, 0.15) is 31.1 Å². The Balaban J connectivity index is 2.70. The van der Waals surface area contributed by atoms with Gasteiger partial charge in [-0.15, -0.1) is 0 Å². The third-order valence-corrected chi connectivity index (χ3v) is 3.31. The fourth-order valence-corrected chi connectivity index (χ4v) is 1.84. The van der Waals surface area contributed by atoms with E-state index in [0.717, 1.165) is 25.7 Å². The second kappa shape index (κ2) is 7.08. The van der Waals surface area contributed by atoms with E-state index < -0.39 is 17.5 Å².